The minimum atomic E-state index is -0.494. The van der Waals surface area contributed by atoms with Crippen molar-refractivity contribution in [2.45, 2.75) is 55.8 Å². The van der Waals surface area contributed by atoms with Gasteiger partial charge in [0.05, 0.1) is 6.33 Å². The minimum absolute atomic E-state index is 0.150. The Morgan fingerprint density at radius 3 is 2.89 bits per heavy atom. The van der Waals surface area contributed by atoms with Crippen LogP contribution in [0.3, 0.4) is 0 Å². The van der Waals surface area contributed by atoms with E-state index in [0.29, 0.717) is 53.4 Å². The van der Waals surface area contributed by atoms with Crippen LogP contribution in [0.5, 0.6) is 11.5 Å². The van der Waals surface area contributed by atoms with Crippen LogP contribution in [0.4, 0.5) is 4.79 Å². The Morgan fingerprint density at radius 2 is 2.11 bits per heavy atom. The highest BCUT2D eigenvalue weighted by molar-refractivity contribution is 9.10. The van der Waals surface area contributed by atoms with Crippen molar-refractivity contribution in [3.8, 4) is 11.5 Å². The predicted octanol–water partition coefficient (Wildman–Crippen LogP) is 4.53. The molecule has 0 aliphatic carbocycles. The molecule has 186 valence electrons. The van der Waals surface area contributed by atoms with E-state index in [1.54, 1.807) is 11.2 Å². The van der Waals surface area contributed by atoms with Crippen molar-refractivity contribution in [1.29, 1.82) is 5.41 Å². The molecule has 2 aliphatic rings. The quantitative estimate of drug-likeness (QED) is 0.469. The molecule has 0 bridgehead atoms. The number of aromatic amines is 1. The molecular formula is C23H27BrN6O4S. The number of imidazole rings is 1. The molecule has 0 saturated carbocycles. The second kappa shape index (κ2) is 9.38. The summed E-state index contributed by atoms with van der Waals surface area (Å²) < 4.78 is 19.3. The van der Waals surface area contributed by atoms with Gasteiger partial charge in [-0.15, -0.1) is 0 Å². The average molecular weight is 563 g/mol. The van der Waals surface area contributed by atoms with Gasteiger partial charge in [-0.3, -0.25) is 5.41 Å². The fourth-order valence-corrected chi connectivity index (χ4v) is 5.52. The number of aryl methyl sites for hydroxylation is 1. The number of nitrogens with zero attached hydrogens (tertiary/aromatic N) is 4. The van der Waals surface area contributed by atoms with Crippen LogP contribution < -0.4 is 15.0 Å². The van der Waals surface area contributed by atoms with Gasteiger partial charge in [-0.05, 0) is 67.6 Å². The molecule has 0 radical (unpaired) electrons. The lowest BCUT2D eigenvalue weighted by atomic mass is 10.1. The number of amides is 1. The number of hydrogen-bond acceptors (Lipinski definition) is 8. The van der Waals surface area contributed by atoms with Gasteiger partial charge >= 0.3 is 6.09 Å². The van der Waals surface area contributed by atoms with Gasteiger partial charge in [0.25, 0.3) is 0 Å². The number of halogens is 1. The van der Waals surface area contributed by atoms with E-state index in [2.05, 4.69) is 25.9 Å². The first-order valence-electron chi connectivity index (χ1n) is 11.4. The van der Waals surface area contributed by atoms with E-state index >= 15 is 0 Å². The van der Waals surface area contributed by atoms with E-state index in [-0.39, 0.29) is 18.4 Å². The maximum absolute atomic E-state index is 12.4. The molecule has 1 amide bonds. The summed E-state index contributed by atoms with van der Waals surface area (Å²) in [5.41, 5.74) is 0.934. The highest BCUT2D eigenvalue weighted by atomic mass is 79.9. The number of rotatable bonds is 5. The minimum Gasteiger partial charge on any atom is -0.454 e. The number of benzene rings is 1. The second-order valence-electron chi connectivity index (χ2n) is 9.63. The number of nitrogens with one attached hydrogen (secondary N) is 2. The molecule has 1 atom stereocenters. The summed E-state index contributed by atoms with van der Waals surface area (Å²) in [6.07, 6.45) is 3.23. The Labute approximate surface area is 215 Å². The monoisotopic (exact) mass is 562 g/mol. The smallest absolute Gasteiger partial charge is 0.410 e. The SMILES string of the molecule is CC(C)(C)OC(=O)N1CC[C@H](CCn2cnc(=N)c3[nH]c(Sc4cc5c(cc4Br)OCO5)nc32)C1. The van der Waals surface area contributed by atoms with Crippen LogP contribution in [-0.4, -0.2) is 56.0 Å². The predicted molar refractivity (Wildman–Crippen MR) is 133 cm³/mol. The van der Waals surface area contributed by atoms with Crippen LogP contribution in [0.15, 0.2) is 33.0 Å². The molecule has 5 rings (SSSR count). The van der Waals surface area contributed by atoms with Crippen LogP contribution in [0.1, 0.15) is 33.6 Å². The lowest BCUT2D eigenvalue weighted by Crippen LogP contribution is -2.35. The molecule has 2 aliphatic heterocycles. The van der Waals surface area contributed by atoms with Crippen LogP contribution in [0.2, 0.25) is 0 Å². The van der Waals surface area contributed by atoms with E-state index in [4.69, 9.17) is 24.6 Å². The second-order valence-corrected chi connectivity index (χ2v) is 11.5. The third-order valence-electron chi connectivity index (χ3n) is 5.85. The number of fused-ring (bicyclic) bond motifs is 2. The van der Waals surface area contributed by atoms with E-state index in [0.717, 1.165) is 22.2 Å². The normalized spacial score (nSPS) is 17.4. The van der Waals surface area contributed by atoms with Crippen LogP contribution in [-0.2, 0) is 11.3 Å². The third-order valence-corrected chi connectivity index (χ3v) is 7.71. The number of carbonyl (C=O) groups is 1. The summed E-state index contributed by atoms with van der Waals surface area (Å²) in [6, 6.07) is 3.79. The summed E-state index contributed by atoms with van der Waals surface area (Å²) in [7, 11) is 0. The van der Waals surface area contributed by atoms with E-state index in [1.807, 2.05) is 37.5 Å². The van der Waals surface area contributed by atoms with Crippen molar-refractivity contribution < 1.29 is 19.0 Å². The van der Waals surface area contributed by atoms with Crippen LogP contribution in [0, 0.1) is 11.3 Å². The van der Waals surface area contributed by atoms with Crippen molar-refractivity contribution in [1.82, 2.24) is 24.4 Å². The van der Waals surface area contributed by atoms with E-state index < -0.39 is 5.60 Å². The lowest BCUT2D eigenvalue weighted by Gasteiger charge is -2.24. The Bertz CT molecular complexity index is 1330. The Hall–Kier alpha value is -2.73. The first-order valence-corrected chi connectivity index (χ1v) is 13.0. The molecule has 2 N–H and O–H groups in total. The Kier molecular flexibility index (Phi) is 6.43. The van der Waals surface area contributed by atoms with E-state index in [9.17, 15) is 4.79 Å². The summed E-state index contributed by atoms with van der Waals surface area (Å²) in [4.78, 5) is 27.3. The van der Waals surface area contributed by atoms with Gasteiger partial charge in [-0.25, -0.2) is 14.8 Å². The molecule has 1 aromatic carbocycles. The van der Waals surface area contributed by atoms with Gasteiger partial charge in [-0.2, -0.15) is 0 Å². The maximum atomic E-state index is 12.4. The van der Waals surface area contributed by atoms with E-state index in [1.165, 1.54) is 11.8 Å². The zero-order valence-electron chi connectivity index (χ0n) is 19.8. The number of aromatic nitrogens is 4. The van der Waals surface area contributed by atoms with Crippen molar-refractivity contribution in [2.75, 3.05) is 19.9 Å². The van der Waals surface area contributed by atoms with Crippen molar-refractivity contribution in [2.24, 2.45) is 5.92 Å². The Morgan fingerprint density at radius 1 is 1.34 bits per heavy atom. The number of likely N-dealkylation sites (tertiary alicyclic amines) is 1. The maximum Gasteiger partial charge on any atom is 0.410 e. The molecule has 1 saturated heterocycles. The molecule has 0 spiro atoms. The number of carbonyl (C=O) groups excluding carboxylic acids is 1. The summed E-state index contributed by atoms with van der Waals surface area (Å²) in [6.45, 7) is 7.94. The largest absolute Gasteiger partial charge is 0.454 e. The van der Waals surface area contributed by atoms with Gasteiger partial charge in [0.15, 0.2) is 27.8 Å². The van der Waals surface area contributed by atoms with Gasteiger partial charge in [0.2, 0.25) is 6.79 Å². The van der Waals surface area contributed by atoms with Crippen molar-refractivity contribution in [3.05, 3.63) is 28.4 Å². The molecule has 1 fully saturated rings. The summed E-state index contributed by atoms with van der Waals surface area (Å²) in [5, 5.41) is 8.89. The fraction of sp³-hybridized carbons (Fsp3) is 0.478. The van der Waals surface area contributed by atoms with Gasteiger partial charge < -0.3 is 28.7 Å². The van der Waals surface area contributed by atoms with Crippen LogP contribution >= 0.6 is 27.7 Å². The molecule has 0 unspecified atom stereocenters. The van der Waals surface area contributed by atoms with Crippen molar-refractivity contribution >= 4 is 44.9 Å². The zero-order chi connectivity index (χ0) is 24.7. The number of H-pyrrole nitrogens is 1. The highest BCUT2D eigenvalue weighted by Gasteiger charge is 2.29. The molecular weight excluding hydrogens is 536 g/mol. The third kappa shape index (κ3) is 5.27. The molecule has 3 aromatic rings. The van der Waals surface area contributed by atoms with Gasteiger partial charge in [0.1, 0.15) is 11.1 Å². The average Bonchev–Trinajstić information content (AvgIpc) is 3.52. The number of hydrogen-bond donors (Lipinski definition) is 2. The van der Waals surface area contributed by atoms with Gasteiger partial charge in [-0.1, -0.05) is 11.8 Å². The molecule has 4 heterocycles. The summed E-state index contributed by atoms with van der Waals surface area (Å²) in [5.74, 6) is 1.78. The van der Waals surface area contributed by atoms with Gasteiger partial charge in [0, 0.05) is 29.0 Å². The standard InChI is InChI=1S/C23H27BrN6O4S/c1-23(2,3)34-22(31)29-6-4-13(10-29)5-7-30-11-26-19(25)18-20(30)28-21(27-18)35-17-9-16-15(8-14(17)24)32-12-33-16/h8-9,11,13,25H,4-7,10,12H2,1-3H3,(H,27,28)/t13-/m1/s1. The summed E-state index contributed by atoms with van der Waals surface area (Å²) >= 11 is 5.03. The molecule has 2 aromatic heterocycles. The molecule has 35 heavy (non-hydrogen) atoms. The molecule has 10 nitrogen and oxygen atoms in total. The zero-order valence-corrected chi connectivity index (χ0v) is 22.2. The highest BCUT2D eigenvalue weighted by Crippen LogP contribution is 2.42. The molecule has 12 heteroatoms. The first kappa shape index (κ1) is 24.0. The topological polar surface area (TPSA) is 118 Å². The first-order chi connectivity index (χ1) is 16.7. The van der Waals surface area contributed by atoms with Crippen LogP contribution in [0.25, 0.3) is 11.2 Å². The van der Waals surface area contributed by atoms with Crippen molar-refractivity contribution in [3.63, 3.8) is 0 Å². The Balaban J connectivity index is 1.28. The fourth-order valence-electron chi connectivity index (χ4n) is 4.14. The lowest BCUT2D eigenvalue weighted by molar-refractivity contribution is 0.0287. The number of ether oxygens (including phenoxy) is 3.